The van der Waals surface area contributed by atoms with Gasteiger partial charge in [-0.3, -0.25) is 0 Å². The molecule has 0 N–H and O–H groups in total. The highest BCUT2D eigenvalue weighted by Crippen LogP contribution is 2.75. The molecule has 1 heterocycles. The number of hydrogen-bond acceptors (Lipinski definition) is 4. The standard InChI is InChI=1S/C27H45NO3Si/c1-10-21-22-12-13-26(21,16-29-32(17(2)3,18(4)5)19(6)7)24-27(22)14-11-20(15-28)23(27)30-25(8,9)31-24/h10,17-24H,1,11-14,16H2,2-9H3/t20-,21-,22+,23-,24-,26+,27-/m0/s1. The van der Waals surface area contributed by atoms with Crippen LogP contribution in [0.3, 0.4) is 0 Å². The van der Waals surface area contributed by atoms with E-state index >= 15 is 0 Å². The van der Waals surface area contributed by atoms with E-state index in [4.69, 9.17) is 13.9 Å². The van der Waals surface area contributed by atoms with Crippen LogP contribution in [-0.2, 0) is 13.9 Å². The Labute approximate surface area is 197 Å². The summed E-state index contributed by atoms with van der Waals surface area (Å²) in [4.78, 5) is 0. The minimum absolute atomic E-state index is 0.0427. The number of nitrogens with zero attached hydrogens (tertiary/aromatic N) is 1. The van der Waals surface area contributed by atoms with Crippen LogP contribution in [0.5, 0.6) is 0 Å². The first-order valence-corrected chi connectivity index (χ1v) is 15.1. The number of nitriles is 1. The van der Waals surface area contributed by atoms with Gasteiger partial charge in [0.05, 0.1) is 24.2 Å². The van der Waals surface area contributed by atoms with Crippen LogP contribution in [-0.4, -0.2) is 32.9 Å². The predicted molar refractivity (Wildman–Crippen MR) is 130 cm³/mol. The average molecular weight is 460 g/mol. The van der Waals surface area contributed by atoms with Crippen LogP contribution in [0.15, 0.2) is 12.7 Å². The number of allylic oxidation sites excluding steroid dienone is 1. The number of ether oxygens (including phenoxy) is 2. The van der Waals surface area contributed by atoms with Crippen LogP contribution >= 0.6 is 0 Å². The van der Waals surface area contributed by atoms with E-state index in [1.807, 2.05) is 13.8 Å². The topological polar surface area (TPSA) is 51.5 Å². The number of fused-ring (bicyclic) bond motifs is 3. The maximum atomic E-state index is 9.93. The summed E-state index contributed by atoms with van der Waals surface area (Å²) in [6.45, 7) is 23.3. The summed E-state index contributed by atoms with van der Waals surface area (Å²) < 4.78 is 20.7. The fourth-order valence-corrected chi connectivity index (χ4v) is 14.6. The molecule has 1 spiro atoms. The zero-order valence-electron chi connectivity index (χ0n) is 21.6. The van der Waals surface area contributed by atoms with Gasteiger partial charge in [0.2, 0.25) is 0 Å². The van der Waals surface area contributed by atoms with Gasteiger partial charge in [-0.15, -0.1) is 6.58 Å². The van der Waals surface area contributed by atoms with Gasteiger partial charge in [-0.1, -0.05) is 47.6 Å². The van der Waals surface area contributed by atoms with E-state index in [9.17, 15) is 5.26 Å². The van der Waals surface area contributed by atoms with Crippen molar-refractivity contribution >= 4 is 8.32 Å². The van der Waals surface area contributed by atoms with Gasteiger partial charge < -0.3 is 13.9 Å². The number of rotatable bonds is 7. The number of hydrogen-bond donors (Lipinski definition) is 0. The fraction of sp³-hybridized carbons (Fsp3) is 0.889. The van der Waals surface area contributed by atoms with Crippen LogP contribution in [0.4, 0.5) is 0 Å². The van der Waals surface area contributed by atoms with Gasteiger partial charge in [-0.25, -0.2) is 0 Å². The van der Waals surface area contributed by atoms with E-state index < -0.39 is 14.1 Å². The summed E-state index contributed by atoms with van der Waals surface area (Å²) in [5.41, 5.74) is 1.54. The molecule has 2 bridgehead atoms. The molecule has 0 aromatic carbocycles. The Morgan fingerprint density at radius 1 is 1.06 bits per heavy atom. The Morgan fingerprint density at radius 2 is 1.69 bits per heavy atom. The lowest BCUT2D eigenvalue weighted by Crippen LogP contribution is -2.63. The molecule has 3 saturated carbocycles. The molecule has 4 fully saturated rings. The Kier molecular flexibility index (Phi) is 6.06. The molecular formula is C27H45NO3Si. The molecule has 180 valence electrons. The van der Waals surface area contributed by atoms with Gasteiger partial charge in [0, 0.05) is 17.4 Å². The second-order valence-corrected chi connectivity index (χ2v) is 18.0. The van der Waals surface area contributed by atoms with E-state index in [2.05, 4.69) is 60.3 Å². The normalized spacial score (nSPS) is 42.4. The lowest BCUT2D eigenvalue weighted by molar-refractivity contribution is -0.363. The third-order valence-corrected chi connectivity index (χ3v) is 16.1. The average Bonchev–Trinajstić information content (AvgIpc) is 3.30. The summed E-state index contributed by atoms with van der Waals surface area (Å²) in [6.07, 6.45) is 6.45. The van der Waals surface area contributed by atoms with Crippen molar-refractivity contribution in [2.24, 2.45) is 28.6 Å². The lowest BCUT2D eigenvalue weighted by Gasteiger charge is -2.56. The van der Waals surface area contributed by atoms with Crippen LogP contribution in [0.25, 0.3) is 0 Å². The third kappa shape index (κ3) is 3.02. The van der Waals surface area contributed by atoms with Crippen molar-refractivity contribution in [2.75, 3.05) is 6.61 Å². The minimum atomic E-state index is -2.00. The summed E-state index contributed by atoms with van der Waals surface area (Å²) in [6, 6.07) is 2.58. The quantitative estimate of drug-likeness (QED) is 0.309. The molecule has 0 unspecified atom stereocenters. The van der Waals surface area contributed by atoms with Gasteiger partial charge >= 0.3 is 0 Å². The maximum Gasteiger partial charge on any atom is 0.200 e. The van der Waals surface area contributed by atoms with Crippen molar-refractivity contribution in [1.82, 2.24) is 0 Å². The van der Waals surface area contributed by atoms with Crippen LogP contribution < -0.4 is 0 Å². The molecule has 4 nitrogen and oxygen atoms in total. The molecule has 0 radical (unpaired) electrons. The largest absolute Gasteiger partial charge is 0.415 e. The van der Waals surface area contributed by atoms with Crippen molar-refractivity contribution in [1.29, 1.82) is 5.26 Å². The van der Waals surface area contributed by atoms with E-state index in [0.717, 1.165) is 32.3 Å². The summed E-state index contributed by atoms with van der Waals surface area (Å²) in [7, 11) is -2.00. The smallest absolute Gasteiger partial charge is 0.200 e. The molecule has 0 aromatic rings. The zero-order valence-corrected chi connectivity index (χ0v) is 22.6. The van der Waals surface area contributed by atoms with Crippen molar-refractivity contribution in [3.05, 3.63) is 12.7 Å². The van der Waals surface area contributed by atoms with Gasteiger partial charge in [-0.05, 0) is 68.0 Å². The SMILES string of the molecule is C=C[C@H]1[C@H]2CC[C@]1(CO[Si](C(C)C)(C(C)C)C(C)C)[C@@H]1OC(C)(C)O[C@H]3[C@H](C#N)CC[C@]231. The first kappa shape index (κ1) is 24.5. The highest BCUT2D eigenvalue weighted by Gasteiger charge is 2.77. The van der Waals surface area contributed by atoms with E-state index in [1.54, 1.807) is 0 Å². The van der Waals surface area contributed by atoms with Crippen LogP contribution in [0.2, 0.25) is 16.6 Å². The Bertz CT molecular complexity index is 764. The molecular weight excluding hydrogens is 414 g/mol. The van der Waals surface area contributed by atoms with E-state index in [0.29, 0.717) is 28.5 Å². The molecule has 4 aliphatic rings. The highest BCUT2D eigenvalue weighted by molar-refractivity contribution is 6.77. The monoisotopic (exact) mass is 459 g/mol. The van der Waals surface area contributed by atoms with Gasteiger partial charge in [0.25, 0.3) is 0 Å². The van der Waals surface area contributed by atoms with Crippen LogP contribution in [0.1, 0.15) is 81.1 Å². The predicted octanol–water partition coefficient (Wildman–Crippen LogP) is 6.83. The van der Waals surface area contributed by atoms with Gasteiger partial charge in [-0.2, -0.15) is 5.26 Å². The molecule has 5 heteroatoms. The first-order chi connectivity index (χ1) is 14.9. The first-order valence-electron chi connectivity index (χ1n) is 12.9. The summed E-state index contributed by atoms with van der Waals surface area (Å²) >= 11 is 0. The summed E-state index contributed by atoms with van der Waals surface area (Å²) in [5.74, 6) is 0.118. The Balaban J connectivity index is 1.77. The Hall–Kier alpha value is -0.673. The molecule has 1 aliphatic heterocycles. The Morgan fingerprint density at radius 3 is 2.22 bits per heavy atom. The molecule has 7 atom stereocenters. The molecule has 3 aliphatic carbocycles. The van der Waals surface area contributed by atoms with Crippen molar-refractivity contribution < 1.29 is 13.9 Å². The summed E-state index contributed by atoms with van der Waals surface area (Å²) in [5, 5.41) is 9.93. The molecule has 4 rings (SSSR count). The second-order valence-electron chi connectivity index (χ2n) is 12.6. The molecule has 0 amide bonds. The molecule has 0 aromatic heterocycles. The lowest BCUT2D eigenvalue weighted by atomic mass is 9.63. The maximum absolute atomic E-state index is 9.93. The van der Waals surface area contributed by atoms with Crippen molar-refractivity contribution in [3.63, 3.8) is 0 Å². The van der Waals surface area contributed by atoms with Gasteiger partial charge in [0.15, 0.2) is 14.1 Å². The zero-order chi connectivity index (χ0) is 23.7. The molecule has 32 heavy (non-hydrogen) atoms. The van der Waals surface area contributed by atoms with Crippen molar-refractivity contribution in [2.45, 2.75) is 116 Å². The van der Waals surface area contributed by atoms with Crippen LogP contribution in [0, 0.1) is 39.9 Å². The van der Waals surface area contributed by atoms with E-state index in [-0.39, 0.29) is 29.0 Å². The highest BCUT2D eigenvalue weighted by atomic mass is 28.4. The third-order valence-electron chi connectivity index (χ3n) is 10.0. The second kappa shape index (κ2) is 7.94. The fourth-order valence-electron chi connectivity index (χ4n) is 9.13. The molecule has 1 saturated heterocycles. The van der Waals surface area contributed by atoms with E-state index in [1.165, 1.54) is 0 Å². The minimum Gasteiger partial charge on any atom is -0.415 e. The van der Waals surface area contributed by atoms with Gasteiger partial charge in [0.1, 0.15) is 0 Å². The van der Waals surface area contributed by atoms with Crippen molar-refractivity contribution in [3.8, 4) is 6.07 Å².